The maximum absolute atomic E-state index is 13.1. The third-order valence-corrected chi connectivity index (χ3v) is 4.92. The molecule has 3 aromatic rings. The number of hydrogen-bond donors (Lipinski definition) is 1. The van der Waals surface area contributed by atoms with E-state index in [9.17, 15) is 24.6 Å². The molecule has 3 rings (SSSR count). The summed E-state index contributed by atoms with van der Waals surface area (Å²) >= 11 is 6.41. The molecule has 0 saturated carbocycles. The lowest BCUT2D eigenvalue weighted by molar-refractivity contribution is -0.384. The molecule has 8 nitrogen and oxygen atoms in total. The van der Waals surface area contributed by atoms with Crippen LogP contribution < -0.4 is 14.8 Å². The Bertz CT molecular complexity index is 1300. The fourth-order valence-corrected chi connectivity index (χ4v) is 3.26. The average Bonchev–Trinajstić information content (AvgIpc) is 2.83. The van der Waals surface area contributed by atoms with Crippen LogP contribution in [-0.2, 0) is 11.4 Å². The first kappa shape index (κ1) is 25.2. The zero-order chi connectivity index (χ0) is 25.4. The van der Waals surface area contributed by atoms with Crippen molar-refractivity contribution in [1.82, 2.24) is 0 Å². The van der Waals surface area contributed by atoms with E-state index < -0.39 is 16.6 Å². The van der Waals surface area contributed by atoms with Gasteiger partial charge in [-0.2, -0.15) is 5.26 Å². The minimum absolute atomic E-state index is 0.0327. The van der Waals surface area contributed by atoms with Crippen LogP contribution in [0.2, 0.25) is 5.02 Å². The zero-order valence-electron chi connectivity index (χ0n) is 18.5. The van der Waals surface area contributed by atoms with Crippen molar-refractivity contribution in [1.29, 1.82) is 5.26 Å². The second kappa shape index (κ2) is 11.6. The molecule has 10 heteroatoms. The maximum atomic E-state index is 13.1. The highest BCUT2D eigenvalue weighted by Crippen LogP contribution is 2.38. The van der Waals surface area contributed by atoms with Gasteiger partial charge in [0.15, 0.2) is 11.5 Å². The molecular formula is C25H19ClFN3O5. The highest BCUT2D eigenvalue weighted by Gasteiger charge is 2.15. The predicted molar refractivity (Wildman–Crippen MR) is 129 cm³/mol. The van der Waals surface area contributed by atoms with Crippen LogP contribution in [0.5, 0.6) is 11.5 Å². The number of benzene rings is 3. The Morgan fingerprint density at radius 2 is 1.86 bits per heavy atom. The standard InChI is InChI=1S/C25H19ClFN3O5/c1-2-34-23-13-17(11-18(14-28)25(31)29-20-7-5-19(27)6-8-20)12-22(26)24(23)35-15-16-3-9-21(10-4-16)30(32)33/h3-13H,2,15H2,1H3,(H,29,31)/b18-11+. The van der Waals surface area contributed by atoms with Crippen molar-refractivity contribution in [3.05, 3.63) is 98.3 Å². The normalized spacial score (nSPS) is 10.9. The summed E-state index contributed by atoms with van der Waals surface area (Å²) in [5.74, 6) is -0.581. The third kappa shape index (κ3) is 6.79. The minimum Gasteiger partial charge on any atom is -0.490 e. The van der Waals surface area contributed by atoms with Gasteiger partial charge in [0.2, 0.25) is 0 Å². The van der Waals surface area contributed by atoms with Crippen LogP contribution >= 0.6 is 11.6 Å². The molecule has 0 aliphatic carbocycles. The summed E-state index contributed by atoms with van der Waals surface area (Å²) in [6, 6.07) is 15.9. The second-order valence-electron chi connectivity index (χ2n) is 7.11. The van der Waals surface area contributed by atoms with Gasteiger partial charge in [0.25, 0.3) is 11.6 Å². The van der Waals surface area contributed by atoms with Crippen molar-refractivity contribution in [3.8, 4) is 17.6 Å². The number of rotatable bonds is 9. The van der Waals surface area contributed by atoms with E-state index in [2.05, 4.69) is 5.32 Å². The summed E-state index contributed by atoms with van der Waals surface area (Å²) in [6.07, 6.45) is 1.34. The Hall–Kier alpha value is -4.42. The first-order valence-electron chi connectivity index (χ1n) is 10.3. The summed E-state index contributed by atoms with van der Waals surface area (Å²) in [5.41, 5.74) is 1.21. The Labute approximate surface area is 205 Å². The van der Waals surface area contributed by atoms with Gasteiger partial charge < -0.3 is 14.8 Å². The molecule has 1 N–H and O–H groups in total. The fraction of sp³-hybridized carbons (Fsp3) is 0.120. The Morgan fingerprint density at radius 1 is 1.17 bits per heavy atom. The van der Waals surface area contributed by atoms with Gasteiger partial charge in [-0.15, -0.1) is 0 Å². The van der Waals surface area contributed by atoms with Gasteiger partial charge in [-0.3, -0.25) is 14.9 Å². The first-order chi connectivity index (χ1) is 16.8. The number of nitrogens with zero attached hydrogens (tertiary/aromatic N) is 2. The van der Waals surface area contributed by atoms with E-state index in [-0.39, 0.29) is 28.6 Å². The van der Waals surface area contributed by atoms with Gasteiger partial charge in [0, 0.05) is 17.8 Å². The number of nitriles is 1. The molecule has 0 radical (unpaired) electrons. The number of anilines is 1. The number of nitro groups is 1. The molecule has 0 aliphatic rings. The molecule has 1 amide bonds. The predicted octanol–water partition coefficient (Wildman–Crippen LogP) is 5.91. The molecule has 0 spiro atoms. The van der Waals surface area contributed by atoms with E-state index in [0.29, 0.717) is 29.2 Å². The molecule has 0 aromatic heterocycles. The molecule has 0 fully saturated rings. The topological polar surface area (TPSA) is 114 Å². The van der Waals surface area contributed by atoms with Crippen LogP contribution in [0.1, 0.15) is 18.1 Å². The van der Waals surface area contributed by atoms with Crippen molar-refractivity contribution in [2.45, 2.75) is 13.5 Å². The number of nitro benzene ring substituents is 1. The van der Waals surface area contributed by atoms with Gasteiger partial charge in [-0.1, -0.05) is 11.6 Å². The van der Waals surface area contributed by atoms with E-state index in [4.69, 9.17) is 21.1 Å². The van der Waals surface area contributed by atoms with Crippen LogP contribution in [0.4, 0.5) is 15.8 Å². The van der Waals surface area contributed by atoms with Crippen molar-refractivity contribution in [2.75, 3.05) is 11.9 Å². The SMILES string of the molecule is CCOc1cc(/C=C(\C#N)C(=O)Nc2ccc(F)cc2)cc(Cl)c1OCc1ccc([N+](=O)[O-])cc1. The smallest absolute Gasteiger partial charge is 0.269 e. The highest BCUT2D eigenvalue weighted by molar-refractivity contribution is 6.32. The van der Waals surface area contributed by atoms with Crippen LogP contribution in [0.25, 0.3) is 6.08 Å². The monoisotopic (exact) mass is 495 g/mol. The lowest BCUT2D eigenvalue weighted by atomic mass is 10.1. The number of hydrogen-bond acceptors (Lipinski definition) is 6. The van der Waals surface area contributed by atoms with Gasteiger partial charge in [0.1, 0.15) is 24.1 Å². The number of carbonyl (C=O) groups excluding carboxylic acids is 1. The molecule has 0 bridgehead atoms. The summed E-state index contributed by atoms with van der Waals surface area (Å²) < 4.78 is 24.5. The van der Waals surface area contributed by atoms with Crippen LogP contribution in [0.15, 0.2) is 66.2 Å². The fourth-order valence-electron chi connectivity index (χ4n) is 2.99. The highest BCUT2D eigenvalue weighted by atomic mass is 35.5. The van der Waals surface area contributed by atoms with E-state index in [1.54, 1.807) is 25.1 Å². The summed E-state index contributed by atoms with van der Waals surface area (Å²) in [7, 11) is 0. The molecule has 0 aliphatic heterocycles. The third-order valence-electron chi connectivity index (χ3n) is 4.64. The van der Waals surface area contributed by atoms with E-state index in [1.807, 2.05) is 6.07 Å². The van der Waals surface area contributed by atoms with Crippen molar-refractivity contribution >= 4 is 35.0 Å². The first-order valence-corrected chi connectivity index (χ1v) is 10.7. The molecule has 0 saturated heterocycles. The largest absolute Gasteiger partial charge is 0.490 e. The van der Waals surface area contributed by atoms with Crippen LogP contribution in [-0.4, -0.2) is 17.4 Å². The van der Waals surface area contributed by atoms with Crippen molar-refractivity contribution < 1.29 is 23.6 Å². The quantitative estimate of drug-likeness (QED) is 0.171. The molecule has 3 aromatic carbocycles. The number of nitrogens with one attached hydrogen (secondary N) is 1. The summed E-state index contributed by atoms with van der Waals surface area (Å²) in [4.78, 5) is 22.8. The van der Waals surface area contributed by atoms with Crippen LogP contribution in [0.3, 0.4) is 0 Å². The van der Waals surface area contributed by atoms with Crippen molar-refractivity contribution in [3.63, 3.8) is 0 Å². The molecule has 0 unspecified atom stereocenters. The number of amides is 1. The minimum atomic E-state index is -0.674. The molecule has 0 heterocycles. The van der Waals surface area contributed by atoms with Gasteiger partial charge in [-0.25, -0.2) is 4.39 Å². The van der Waals surface area contributed by atoms with Gasteiger partial charge in [-0.05, 0) is 72.7 Å². The van der Waals surface area contributed by atoms with E-state index in [0.717, 1.165) is 0 Å². The average molecular weight is 496 g/mol. The number of non-ortho nitro benzene ring substituents is 1. The lowest BCUT2D eigenvalue weighted by Crippen LogP contribution is -2.13. The summed E-state index contributed by atoms with van der Waals surface area (Å²) in [5, 5.41) is 23.0. The number of ether oxygens (including phenoxy) is 2. The van der Waals surface area contributed by atoms with E-state index in [1.165, 1.54) is 48.5 Å². The van der Waals surface area contributed by atoms with Crippen molar-refractivity contribution in [2.24, 2.45) is 0 Å². The Balaban J connectivity index is 1.81. The van der Waals surface area contributed by atoms with E-state index >= 15 is 0 Å². The maximum Gasteiger partial charge on any atom is 0.269 e. The van der Waals surface area contributed by atoms with Gasteiger partial charge in [0.05, 0.1) is 16.6 Å². The number of halogens is 2. The molecule has 178 valence electrons. The lowest BCUT2D eigenvalue weighted by Gasteiger charge is -2.15. The summed E-state index contributed by atoms with van der Waals surface area (Å²) in [6.45, 7) is 2.15. The molecule has 35 heavy (non-hydrogen) atoms. The van der Waals surface area contributed by atoms with Crippen LogP contribution in [0, 0.1) is 27.3 Å². The zero-order valence-corrected chi connectivity index (χ0v) is 19.2. The second-order valence-corrected chi connectivity index (χ2v) is 7.51. The Kier molecular flexibility index (Phi) is 8.38. The Morgan fingerprint density at radius 3 is 2.46 bits per heavy atom. The van der Waals surface area contributed by atoms with Gasteiger partial charge >= 0.3 is 0 Å². The molecule has 0 atom stereocenters. The number of carbonyl (C=O) groups is 1. The molecular weight excluding hydrogens is 477 g/mol.